The summed E-state index contributed by atoms with van der Waals surface area (Å²) in [4.78, 5) is 12.9. The Morgan fingerprint density at radius 1 is 1.03 bits per heavy atom. The van der Waals surface area contributed by atoms with Crippen LogP contribution in [-0.2, 0) is 23.1 Å². The molecule has 35 heavy (non-hydrogen) atoms. The number of hydrogen-bond acceptors (Lipinski definition) is 4. The Bertz CT molecular complexity index is 1300. The van der Waals surface area contributed by atoms with Gasteiger partial charge in [-0.3, -0.25) is 9.48 Å². The molecule has 1 aliphatic heterocycles. The highest BCUT2D eigenvalue weighted by Gasteiger charge is 2.33. The van der Waals surface area contributed by atoms with Crippen molar-refractivity contribution in [1.29, 1.82) is 0 Å². The molecule has 1 amide bonds. The number of carbonyl (C=O) groups excluding carboxylic acids is 1. The number of piperidine rings is 1. The van der Waals surface area contributed by atoms with Crippen LogP contribution in [0.4, 0.5) is 0 Å². The summed E-state index contributed by atoms with van der Waals surface area (Å²) in [5.41, 5.74) is 4.91. The molecule has 3 aromatic rings. The molecule has 0 spiro atoms. The largest absolute Gasteiger partial charge is 0.348 e. The van der Waals surface area contributed by atoms with Gasteiger partial charge in [-0.1, -0.05) is 48.9 Å². The lowest BCUT2D eigenvalue weighted by Crippen LogP contribution is -2.38. The molecule has 0 radical (unpaired) electrons. The third-order valence-electron chi connectivity index (χ3n) is 6.74. The normalized spacial score (nSPS) is 15.3. The summed E-state index contributed by atoms with van der Waals surface area (Å²) < 4.78 is 30.0. The maximum Gasteiger partial charge on any atom is 0.251 e. The molecule has 0 unspecified atom stereocenters. The van der Waals surface area contributed by atoms with Crippen molar-refractivity contribution in [3.8, 4) is 0 Å². The minimum Gasteiger partial charge on any atom is -0.348 e. The van der Waals surface area contributed by atoms with Crippen molar-refractivity contribution in [1.82, 2.24) is 19.4 Å². The summed E-state index contributed by atoms with van der Waals surface area (Å²) in [6.45, 7) is 9.78. The Kier molecular flexibility index (Phi) is 7.42. The average Bonchev–Trinajstić information content (AvgIpc) is 3.11. The van der Waals surface area contributed by atoms with E-state index in [1.165, 1.54) is 0 Å². The minimum atomic E-state index is -3.57. The van der Waals surface area contributed by atoms with Crippen molar-refractivity contribution >= 4 is 15.9 Å². The van der Waals surface area contributed by atoms with Gasteiger partial charge < -0.3 is 5.32 Å². The van der Waals surface area contributed by atoms with Crippen LogP contribution >= 0.6 is 0 Å². The summed E-state index contributed by atoms with van der Waals surface area (Å²) in [5.74, 6) is 0.423. The molecule has 1 fully saturated rings. The fourth-order valence-corrected chi connectivity index (χ4v) is 6.45. The van der Waals surface area contributed by atoms with Crippen LogP contribution in [0.1, 0.15) is 58.2 Å². The molecule has 0 bridgehead atoms. The van der Waals surface area contributed by atoms with Gasteiger partial charge in [-0.15, -0.1) is 0 Å². The molecule has 2 heterocycles. The van der Waals surface area contributed by atoms with Gasteiger partial charge in [0, 0.05) is 25.2 Å². The van der Waals surface area contributed by atoms with Crippen LogP contribution in [0, 0.1) is 26.7 Å². The predicted octanol–water partition coefficient (Wildman–Crippen LogP) is 4.21. The topological polar surface area (TPSA) is 84.3 Å². The Balaban J connectivity index is 1.44. The molecule has 1 aromatic heterocycles. The predicted molar refractivity (Wildman–Crippen MR) is 137 cm³/mol. The van der Waals surface area contributed by atoms with E-state index in [9.17, 15) is 13.2 Å². The fourth-order valence-electron chi connectivity index (χ4n) is 4.60. The maximum atomic E-state index is 13.3. The van der Waals surface area contributed by atoms with E-state index in [4.69, 9.17) is 0 Å². The summed E-state index contributed by atoms with van der Waals surface area (Å²) in [5, 5.41) is 7.49. The lowest BCUT2D eigenvalue weighted by molar-refractivity contribution is 0.0951. The molecular weight excluding hydrogens is 460 g/mol. The number of amides is 1. The van der Waals surface area contributed by atoms with Crippen molar-refractivity contribution in [2.75, 3.05) is 13.1 Å². The quantitative estimate of drug-likeness (QED) is 0.533. The number of carbonyl (C=O) groups is 1. The van der Waals surface area contributed by atoms with Crippen molar-refractivity contribution in [3.63, 3.8) is 0 Å². The molecule has 8 heteroatoms. The Morgan fingerprint density at radius 3 is 2.37 bits per heavy atom. The SMILES string of the molecule is Cc1cccc(CNC(=O)c2ccc(Cn3nc(C)c(S(=O)(=O)N4CCC(C)CC4)c3C)cc2)c1. The van der Waals surface area contributed by atoms with E-state index in [1.807, 2.05) is 44.2 Å². The third kappa shape index (κ3) is 5.65. The zero-order chi connectivity index (χ0) is 25.2. The molecule has 1 saturated heterocycles. The average molecular weight is 495 g/mol. The van der Waals surface area contributed by atoms with Gasteiger partial charge in [-0.25, -0.2) is 8.42 Å². The van der Waals surface area contributed by atoms with Gasteiger partial charge in [0.1, 0.15) is 4.90 Å². The van der Waals surface area contributed by atoms with E-state index in [-0.39, 0.29) is 5.91 Å². The number of rotatable bonds is 7. The van der Waals surface area contributed by atoms with Crippen LogP contribution in [-0.4, -0.2) is 41.5 Å². The number of hydrogen-bond donors (Lipinski definition) is 1. The molecule has 0 aliphatic carbocycles. The van der Waals surface area contributed by atoms with Gasteiger partial charge >= 0.3 is 0 Å². The first-order valence-electron chi connectivity index (χ1n) is 12.1. The third-order valence-corrected chi connectivity index (χ3v) is 8.89. The molecule has 4 rings (SSSR count). The zero-order valence-corrected chi connectivity index (χ0v) is 21.7. The smallest absolute Gasteiger partial charge is 0.251 e. The molecule has 1 N–H and O–H groups in total. The maximum absolute atomic E-state index is 13.3. The van der Waals surface area contributed by atoms with Crippen LogP contribution in [0.25, 0.3) is 0 Å². The van der Waals surface area contributed by atoms with E-state index < -0.39 is 10.0 Å². The summed E-state index contributed by atoms with van der Waals surface area (Å²) >= 11 is 0. The molecule has 186 valence electrons. The van der Waals surface area contributed by atoms with Gasteiger partial charge in [-0.2, -0.15) is 9.40 Å². The van der Waals surface area contributed by atoms with Crippen LogP contribution in [0.3, 0.4) is 0 Å². The highest BCUT2D eigenvalue weighted by molar-refractivity contribution is 7.89. The van der Waals surface area contributed by atoms with Gasteiger partial charge in [0.15, 0.2) is 0 Å². The lowest BCUT2D eigenvalue weighted by Gasteiger charge is -2.29. The van der Waals surface area contributed by atoms with Crippen LogP contribution in [0.2, 0.25) is 0 Å². The Hall–Kier alpha value is -2.97. The highest BCUT2D eigenvalue weighted by Crippen LogP contribution is 2.28. The van der Waals surface area contributed by atoms with Crippen molar-refractivity contribution in [2.24, 2.45) is 5.92 Å². The van der Waals surface area contributed by atoms with E-state index in [0.29, 0.717) is 53.9 Å². The van der Waals surface area contributed by atoms with Crippen molar-refractivity contribution < 1.29 is 13.2 Å². The van der Waals surface area contributed by atoms with E-state index in [1.54, 1.807) is 28.0 Å². The first-order chi connectivity index (χ1) is 16.6. The standard InChI is InChI=1S/C27H34N4O3S/c1-19-12-14-30(15-13-19)35(33,34)26-21(3)29-31(22(26)4)18-23-8-10-25(11-9-23)27(32)28-17-24-7-5-6-20(2)16-24/h5-11,16,19H,12-15,17-18H2,1-4H3,(H,28,32). The summed E-state index contributed by atoms with van der Waals surface area (Å²) in [7, 11) is -3.57. The number of aryl methyl sites for hydroxylation is 2. The van der Waals surface area contributed by atoms with E-state index >= 15 is 0 Å². The number of benzene rings is 2. The van der Waals surface area contributed by atoms with Gasteiger partial charge in [0.05, 0.1) is 17.9 Å². The number of nitrogens with one attached hydrogen (secondary N) is 1. The molecule has 0 saturated carbocycles. The van der Waals surface area contributed by atoms with Crippen LogP contribution < -0.4 is 5.32 Å². The van der Waals surface area contributed by atoms with Gasteiger partial charge in [-0.05, 0) is 62.8 Å². The van der Waals surface area contributed by atoms with Crippen LogP contribution in [0.15, 0.2) is 53.4 Å². The number of nitrogens with zero attached hydrogens (tertiary/aromatic N) is 3. The Labute approximate surface area is 208 Å². The second-order valence-electron chi connectivity index (χ2n) is 9.61. The highest BCUT2D eigenvalue weighted by atomic mass is 32.2. The first kappa shape index (κ1) is 25.1. The molecular formula is C27H34N4O3S. The van der Waals surface area contributed by atoms with E-state index in [2.05, 4.69) is 23.4 Å². The second kappa shape index (κ2) is 10.3. The van der Waals surface area contributed by atoms with Crippen LogP contribution in [0.5, 0.6) is 0 Å². The monoisotopic (exact) mass is 494 g/mol. The fraction of sp³-hybridized carbons (Fsp3) is 0.407. The van der Waals surface area contributed by atoms with Gasteiger partial charge in [0.2, 0.25) is 10.0 Å². The number of aromatic nitrogens is 2. The lowest BCUT2D eigenvalue weighted by atomic mass is 10.0. The molecule has 1 aliphatic rings. The Morgan fingerprint density at radius 2 is 1.71 bits per heavy atom. The van der Waals surface area contributed by atoms with E-state index in [0.717, 1.165) is 29.5 Å². The molecule has 7 nitrogen and oxygen atoms in total. The van der Waals surface area contributed by atoms with Crippen molar-refractivity contribution in [2.45, 2.75) is 58.5 Å². The zero-order valence-electron chi connectivity index (χ0n) is 20.9. The summed E-state index contributed by atoms with van der Waals surface area (Å²) in [6, 6.07) is 15.4. The minimum absolute atomic E-state index is 0.131. The van der Waals surface area contributed by atoms with Gasteiger partial charge in [0.25, 0.3) is 5.91 Å². The van der Waals surface area contributed by atoms with Crippen molar-refractivity contribution in [3.05, 3.63) is 82.2 Å². The molecule has 2 aromatic carbocycles. The first-order valence-corrected chi connectivity index (χ1v) is 13.6. The molecule has 0 atom stereocenters. The summed E-state index contributed by atoms with van der Waals surface area (Å²) in [6.07, 6.45) is 1.77. The number of sulfonamides is 1. The second-order valence-corrected chi connectivity index (χ2v) is 11.5.